The van der Waals surface area contributed by atoms with Crippen molar-refractivity contribution in [2.45, 2.75) is 0 Å². The molecule has 0 saturated carbocycles. The Hall–Kier alpha value is -4.42. The van der Waals surface area contributed by atoms with Gasteiger partial charge >= 0.3 is 0 Å². The zero-order valence-electron chi connectivity index (χ0n) is 20.6. The van der Waals surface area contributed by atoms with Crippen molar-refractivity contribution in [2.24, 2.45) is 0 Å². The molecule has 1 N–H and O–H groups in total. The molecule has 192 valence electrons. The molecule has 0 aliphatic carbocycles. The Kier molecular flexibility index (Phi) is 6.18. The van der Waals surface area contributed by atoms with Crippen LogP contribution in [0.4, 0.5) is 17.5 Å². The third-order valence-corrected chi connectivity index (χ3v) is 7.78. The molecule has 11 nitrogen and oxygen atoms in total. The quantitative estimate of drug-likeness (QED) is 0.355. The molecule has 1 aliphatic rings. The van der Waals surface area contributed by atoms with Gasteiger partial charge in [0.15, 0.2) is 0 Å². The molecule has 6 rings (SSSR count). The van der Waals surface area contributed by atoms with E-state index in [2.05, 4.69) is 30.2 Å². The summed E-state index contributed by atoms with van der Waals surface area (Å²) >= 11 is 0. The van der Waals surface area contributed by atoms with Gasteiger partial charge in [0.1, 0.15) is 11.5 Å². The van der Waals surface area contributed by atoms with Gasteiger partial charge in [0.2, 0.25) is 16.0 Å². The molecule has 5 aromatic heterocycles. The summed E-state index contributed by atoms with van der Waals surface area (Å²) in [6.45, 7) is 2.10. The molecule has 0 spiro atoms. The average Bonchev–Trinajstić information content (AvgIpc) is 3.37. The third kappa shape index (κ3) is 4.91. The van der Waals surface area contributed by atoms with Gasteiger partial charge in [-0.05, 0) is 53.6 Å². The number of aromatic nitrogens is 6. The summed E-state index contributed by atoms with van der Waals surface area (Å²) < 4.78 is 27.0. The zero-order chi connectivity index (χ0) is 26.1. The molecule has 1 saturated heterocycles. The molecule has 1 aliphatic heterocycles. The first-order valence-corrected chi connectivity index (χ1v) is 13.9. The number of imidazole rings is 1. The van der Waals surface area contributed by atoms with Gasteiger partial charge in [-0.25, -0.2) is 28.4 Å². The van der Waals surface area contributed by atoms with Crippen LogP contribution in [-0.2, 0) is 10.0 Å². The van der Waals surface area contributed by atoms with E-state index in [1.54, 1.807) is 31.0 Å². The number of hydrogen-bond acceptors (Lipinski definition) is 9. The average molecular weight is 528 g/mol. The van der Waals surface area contributed by atoms with Crippen LogP contribution in [0, 0.1) is 0 Å². The molecule has 0 atom stereocenters. The molecule has 5 aromatic rings. The minimum Gasteiger partial charge on any atom is -0.354 e. The highest BCUT2D eigenvalue weighted by atomic mass is 32.2. The maximum absolute atomic E-state index is 11.7. The van der Waals surface area contributed by atoms with Gasteiger partial charge < -0.3 is 10.2 Å². The van der Waals surface area contributed by atoms with Crippen LogP contribution in [0.3, 0.4) is 0 Å². The summed E-state index contributed by atoms with van der Waals surface area (Å²) in [5, 5.41) is 3.22. The van der Waals surface area contributed by atoms with Gasteiger partial charge in [-0.3, -0.25) is 9.38 Å². The van der Waals surface area contributed by atoms with E-state index in [9.17, 15) is 8.42 Å². The van der Waals surface area contributed by atoms with E-state index < -0.39 is 10.0 Å². The predicted octanol–water partition coefficient (Wildman–Crippen LogP) is 3.07. The maximum atomic E-state index is 11.7. The Morgan fingerprint density at radius 2 is 1.63 bits per heavy atom. The van der Waals surface area contributed by atoms with E-state index in [4.69, 9.17) is 4.98 Å². The molecule has 1 fully saturated rings. The summed E-state index contributed by atoms with van der Waals surface area (Å²) in [7, 11) is -3.17. The number of nitrogens with one attached hydrogen (secondary N) is 1. The van der Waals surface area contributed by atoms with E-state index in [0.717, 1.165) is 39.7 Å². The number of sulfonamides is 1. The Balaban J connectivity index is 1.19. The monoisotopic (exact) mass is 527 g/mol. The first kappa shape index (κ1) is 23.9. The normalized spacial score (nSPS) is 14.6. The number of anilines is 3. The van der Waals surface area contributed by atoms with Gasteiger partial charge in [-0.15, -0.1) is 0 Å². The van der Waals surface area contributed by atoms with Crippen molar-refractivity contribution in [3.8, 4) is 22.5 Å². The molecule has 0 amide bonds. The van der Waals surface area contributed by atoms with Gasteiger partial charge in [0.25, 0.3) is 0 Å². The number of pyridine rings is 3. The van der Waals surface area contributed by atoms with Crippen molar-refractivity contribution < 1.29 is 8.42 Å². The Morgan fingerprint density at radius 3 is 2.37 bits per heavy atom. The highest BCUT2D eigenvalue weighted by Gasteiger charge is 2.24. The van der Waals surface area contributed by atoms with E-state index in [-0.39, 0.29) is 0 Å². The van der Waals surface area contributed by atoms with Crippen LogP contribution >= 0.6 is 0 Å². The minimum atomic E-state index is -3.17. The lowest BCUT2D eigenvalue weighted by Crippen LogP contribution is -2.48. The molecule has 0 unspecified atom stereocenters. The Morgan fingerprint density at radius 1 is 0.816 bits per heavy atom. The maximum Gasteiger partial charge on any atom is 0.227 e. The fraction of sp³-hybridized carbons (Fsp3) is 0.192. The van der Waals surface area contributed by atoms with Crippen LogP contribution in [0.5, 0.6) is 0 Å². The summed E-state index contributed by atoms with van der Waals surface area (Å²) in [5.41, 5.74) is 5.27. The lowest BCUT2D eigenvalue weighted by atomic mass is 10.1. The number of hydrogen-bond donors (Lipinski definition) is 1. The molecule has 38 heavy (non-hydrogen) atoms. The number of fused-ring (bicyclic) bond motifs is 1. The van der Waals surface area contributed by atoms with Gasteiger partial charge in [-0.2, -0.15) is 4.31 Å². The summed E-state index contributed by atoms with van der Waals surface area (Å²) in [5.74, 6) is 1.24. The van der Waals surface area contributed by atoms with Crippen LogP contribution < -0.4 is 10.2 Å². The smallest absolute Gasteiger partial charge is 0.227 e. The fourth-order valence-corrected chi connectivity index (χ4v) is 5.30. The fourth-order valence-electron chi connectivity index (χ4n) is 4.47. The standard InChI is InChI=1S/C26H25N9O2S/c1-38(36,37)34-14-12-33(13-15-34)24-5-3-21(16-29-24)31-26-28-11-8-22(32-26)23-17-30-25-4-2-20(18-35(23)25)19-6-9-27-10-7-19/h2-11,16-18H,12-15H2,1H3,(H,28,31,32). The summed E-state index contributed by atoms with van der Waals surface area (Å²) in [4.78, 5) is 24.4. The summed E-state index contributed by atoms with van der Waals surface area (Å²) in [6, 6.07) is 13.6. The molecule has 0 aromatic carbocycles. The van der Waals surface area contributed by atoms with Crippen molar-refractivity contribution in [2.75, 3.05) is 42.7 Å². The van der Waals surface area contributed by atoms with Crippen molar-refractivity contribution in [3.63, 3.8) is 0 Å². The Labute approximate surface area is 219 Å². The first-order chi connectivity index (χ1) is 18.4. The van der Waals surface area contributed by atoms with Gasteiger partial charge in [-0.1, -0.05) is 0 Å². The largest absolute Gasteiger partial charge is 0.354 e. The predicted molar refractivity (Wildman–Crippen MR) is 146 cm³/mol. The second-order valence-electron chi connectivity index (χ2n) is 8.97. The van der Waals surface area contributed by atoms with Crippen LogP contribution in [-0.4, -0.2) is 74.5 Å². The molecular weight excluding hydrogens is 502 g/mol. The van der Waals surface area contributed by atoms with Crippen LogP contribution in [0.25, 0.3) is 28.2 Å². The first-order valence-electron chi connectivity index (χ1n) is 12.1. The van der Waals surface area contributed by atoms with E-state index >= 15 is 0 Å². The van der Waals surface area contributed by atoms with E-state index in [1.165, 1.54) is 10.6 Å². The lowest BCUT2D eigenvalue weighted by Gasteiger charge is -2.33. The number of piperazine rings is 1. The van der Waals surface area contributed by atoms with Crippen LogP contribution in [0.15, 0.2) is 79.6 Å². The highest BCUT2D eigenvalue weighted by molar-refractivity contribution is 7.88. The van der Waals surface area contributed by atoms with Crippen molar-refractivity contribution in [1.29, 1.82) is 0 Å². The number of rotatable bonds is 6. The molecule has 0 bridgehead atoms. The zero-order valence-corrected chi connectivity index (χ0v) is 21.5. The third-order valence-electron chi connectivity index (χ3n) is 6.47. The topological polar surface area (TPSA) is 122 Å². The van der Waals surface area contributed by atoms with Crippen molar-refractivity contribution in [1.82, 2.24) is 33.6 Å². The molecular formula is C26H25N9O2S. The minimum absolute atomic E-state index is 0.444. The molecule has 12 heteroatoms. The number of nitrogens with zero attached hydrogens (tertiary/aromatic N) is 8. The van der Waals surface area contributed by atoms with Crippen LogP contribution in [0.2, 0.25) is 0 Å². The van der Waals surface area contributed by atoms with E-state index in [0.29, 0.717) is 32.1 Å². The van der Waals surface area contributed by atoms with Crippen molar-refractivity contribution >= 4 is 33.1 Å². The van der Waals surface area contributed by atoms with Gasteiger partial charge in [0.05, 0.1) is 35.7 Å². The second-order valence-corrected chi connectivity index (χ2v) is 11.0. The van der Waals surface area contributed by atoms with Gasteiger partial charge in [0, 0.05) is 51.0 Å². The highest BCUT2D eigenvalue weighted by Crippen LogP contribution is 2.25. The second kappa shape index (κ2) is 9.80. The van der Waals surface area contributed by atoms with Crippen molar-refractivity contribution in [3.05, 3.63) is 79.6 Å². The van der Waals surface area contributed by atoms with Crippen LogP contribution in [0.1, 0.15) is 0 Å². The SMILES string of the molecule is CS(=O)(=O)N1CCN(c2ccc(Nc3nccc(-c4cnc5ccc(-c6ccncc6)cn45)n3)cn2)CC1. The molecule has 0 radical (unpaired) electrons. The molecule has 6 heterocycles. The van der Waals surface area contributed by atoms with E-state index in [1.807, 2.05) is 53.1 Å². The summed E-state index contributed by atoms with van der Waals surface area (Å²) in [6.07, 6.45) is 12.1. The Bertz CT molecular complexity index is 1680. The lowest BCUT2D eigenvalue weighted by molar-refractivity contribution is 0.387.